The lowest BCUT2D eigenvalue weighted by Crippen LogP contribution is -2.31. The number of esters is 1. The van der Waals surface area contributed by atoms with Gasteiger partial charge in [-0.3, -0.25) is 19.8 Å². The van der Waals surface area contributed by atoms with E-state index in [2.05, 4.69) is 15.9 Å². The van der Waals surface area contributed by atoms with Crippen molar-refractivity contribution < 1.29 is 24.4 Å². The Morgan fingerprint density at radius 3 is 2.36 bits per heavy atom. The molecule has 2 aromatic rings. The van der Waals surface area contributed by atoms with Gasteiger partial charge in [0.15, 0.2) is 5.76 Å². The Morgan fingerprint density at radius 2 is 1.82 bits per heavy atom. The first-order valence-electron chi connectivity index (χ1n) is 8.28. The van der Waals surface area contributed by atoms with Crippen molar-refractivity contribution in [1.29, 1.82) is 0 Å². The van der Waals surface area contributed by atoms with Crippen LogP contribution in [0.15, 0.2) is 64.3 Å². The molecule has 3 rings (SSSR count). The molecule has 0 aliphatic carbocycles. The number of nitrogens with zero attached hydrogens (tertiary/aromatic N) is 2. The molecule has 1 heterocycles. The van der Waals surface area contributed by atoms with Gasteiger partial charge in [0.1, 0.15) is 5.57 Å². The van der Waals surface area contributed by atoms with Gasteiger partial charge in [-0.1, -0.05) is 28.1 Å². The fourth-order valence-corrected chi connectivity index (χ4v) is 3.25. The topological polar surface area (TPSA) is 110 Å². The highest BCUT2D eigenvalue weighted by molar-refractivity contribution is 9.10. The fourth-order valence-electron chi connectivity index (χ4n) is 2.98. The van der Waals surface area contributed by atoms with Crippen LogP contribution in [-0.2, 0) is 14.3 Å². The van der Waals surface area contributed by atoms with E-state index in [1.807, 2.05) is 0 Å². The van der Waals surface area contributed by atoms with Crippen molar-refractivity contribution >= 4 is 39.2 Å². The van der Waals surface area contributed by atoms with E-state index in [-0.39, 0.29) is 17.9 Å². The maximum absolute atomic E-state index is 12.8. The SMILES string of the molecule is CCOC(=O)C1=C(O)C(=O)N(c2ccc([N+](=O)[O-])cc2)[C@@H]1c1ccc(Br)cc1. The number of benzene rings is 2. The number of aliphatic hydroxyl groups excluding tert-OH is 1. The molecule has 1 aliphatic heterocycles. The highest BCUT2D eigenvalue weighted by atomic mass is 79.9. The van der Waals surface area contributed by atoms with Gasteiger partial charge in [-0.15, -0.1) is 0 Å². The van der Waals surface area contributed by atoms with E-state index in [1.54, 1.807) is 31.2 Å². The molecule has 0 spiro atoms. The first-order valence-corrected chi connectivity index (χ1v) is 9.08. The molecular weight excluding hydrogens is 432 g/mol. The van der Waals surface area contributed by atoms with Gasteiger partial charge in [0.2, 0.25) is 0 Å². The minimum atomic E-state index is -0.930. The number of nitro groups is 1. The zero-order valence-electron chi connectivity index (χ0n) is 14.7. The molecule has 0 saturated heterocycles. The van der Waals surface area contributed by atoms with Crippen molar-refractivity contribution in [2.24, 2.45) is 0 Å². The Morgan fingerprint density at radius 1 is 1.21 bits per heavy atom. The molecule has 144 valence electrons. The standard InChI is InChI=1S/C19H15BrN2O6/c1-2-28-19(25)15-16(11-3-5-12(20)6-4-11)21(18(24)17(15)23)13-7-9-14(10-8-13)22(26)27/h3-10,16,23H,2H2,1H3/t16-/m1/s1. The summed E-state index contributed by atoms with van der Waals surface area (Å²) in [6, 6.07) is 11.3. The van der Waals surface area contributed by atoms with E-state index < -0.39 is 28.6 Å². The average Bonchev–Trinajstić information content (AvgIpc) is 2.94. The second-order valence-electron chi connectivity index (χ2n) is 5.89. The van der Waals surface area contributed by atoms with Crippen molar-refractivity contribution in [1.82, 2.24) is 0 Å². The van der Waals surface area contributed by atoms with E-state index >= 15 is 0 Å². The summed E-state index contributed by atoms with van der Waals surface area (Å²) in [5.74, 6) is -2.29. The number of nitro benzene ring substituents is 1. The number of carbonyl (C=O) groups is 2. The number of carbonyl (C=O) groups excluding carboxylic acids is 2. The maximum atomic E-state index is 12.8. The van der Waals surface area contributed by atoms with E-state index in [0.717, 1.165) is 4.47 Å². The summed E-state index contributed by atoms with van der Waals surface area (Å²) in [7, 11) is 0. The Kier molecular flexibility index (Phi) is 5.46. The first-order chi connectivity index (χ1) is 13.3. The molecule has 1 amide bonds. The minimum absolute atomic E-state index is 0.0778. The second-order valence-corrected chi connectivity index (χ2v) is 6.80. The van der Waals surface area contributed by atoms with Gasteiger partial charge < -0.3 is 9.84 Å². The van der Waals surface area contributed by atoms with E-state index in [9.17, 15) is 24.8 Å². The van der Waals surface area contributed by atoms with Crippen LogP contribution in [0.25, 0.3) is 0 Å². The van der Waals surface area contributed by atoms with E-state index in [1.165, 1.54) is 29.2 Å². The molecule has 1 aliphatic rings. The van der Waals surface area contributed by atoms with Gasteiger partial charge in [-0.2, -0.15) is 0 Å². The number of rotatable bonds is 5. The lowest BCUT2D eigenvalue weighted by Gasteiger charge is -2.26. The molecule has 9 heteroatoms. The minimum Gasteiger partial charge on any atom is -0.503 e. The molecule has 8 nitrogen and oxygen atoms in total. The molecule has 0 fully saturated rings. The lowest BCUT2D eigenvalue weighted by molar-refractivity contribution is -0.384. The molecule has 1 atom stereocenters. The molecule has 0 bridgehead atoms. The Labute approximate surface area is 168 Å². The van der Waals surface area contributed by atoms with E-state index in [4.69, 9.17) is 4.74 Å². The average molecular weight is 447 g/mol. The van der Waals surface area contributed by atoms with Crippen molar-refractivity contribution in [3.63, 3.8) is 0 Å². The third-order valence-corrected chi connectivity index (χ3v) is 4.76. The summed E-state index contributed by atoms with van der Waals surface area (Å²) >= 11 is 3.33. The van der Waals surface area contributed by atoms with Gasteiger partial charge in [0.25, 0.3) is 11.6 Å². The fraction of sp³-hybridized carbons (Fsp3) is 0.158. The van der Waals surface area contributed by atoms with Crippen LogP contribution in [-0.4, -0.2) is 28.5 Å². The second kappa shape index (κ2) is 7.81. The normalized spacial score (nSPS) is 16.4. The molecule has 0 saturated carbocycles. The number of amides is 1. The zero-order chi connectivity index (χ0) is 20.4. The third kappa shape index (κ3) is 3.48. The predicted molar refractivity (Wildman–Crippen MR) is 104 cm³/mol. The Balaban J connectivity index is 2.12. The summed E-state index contributed by atoms with van der Waals surface area (Å²) < 4.78 is 5.82. The summed E-state index contributed by atoms with van der Waals surface area (Å²) in [5.41, 5.74) is 0.558. The van der Waals surface area contributed by atoms with Gasteiger partial charge in [-0.25, -0.2) is 4.79 Å². The third-order valence-electron chi connectivity index (χ3n) is 4.23. The van der Waals surface area contributed by atoms with Crippen molar-refractivity contribution in [3.05, 3.63) is 80.0 Å². The molecule has 28 heavy (non-hydrogen) atoms. The van der Waals surface area contributed by atoms with Crippen molar-refractivity contribution in [2.75, 3.05) is 11.5 Å². The monoisotopic (exact) mass is 446 g/mol. The van der Waals surface area contributed by atoms with Crippen molar-refractivity contribution in [2.45, 2.75) is 13.0 Å². The quantitative estimate of drug-likeness (QED) is 0.424. The van der Waals surface area contributed by atoms with Gasteiger partial charge in [0.05, 0.1) is 17.6 Å². The molecule has 0 radical (unpaired) electrons. The number of aliphatic hydroxyl groups is 1. The summed E-state index contributed by atoms with van der Waals surface area (Å²) in [6.45, 7) is 1.70. The zero-order valence-corrected chi connectivity index (χ0v) is 16.3. The highest BCUT2D eigenvalue weighted by Gasteiger charge is 2.45. The van der Waals surface area contributed by atoms with Crippen LogP contribution in [0.3, 0.4) is 0 Å². The molecule has 1 N–H and O–H groups in total. The summed E-state index contributed by atoms with van der Waals surface area (Å²) in [5, 5.41) is 21.3. The smallest absolute Gasteiger partial charge is 0.340 e. The van der Waals surface area contributed by atoms with E-state index in [0.29, 0.717) is 11.3 Å². The Bertz CT molecular complexity index is 969. The number of ether oxygens (including phenoxy) is 1. The van der Waals surface area contributed by atoms with Crippen LogP contribution in [0.2, 0.25) is 0 Å². The molecular formula is C19H15BrN2O6. The summed E-state index contributed by atoms with van der Waals surface area (Å²) in [6.07, 6.45) is 0. The number of halogens is 1. The van der Waals surface area contributed by atoms with Gasteiger partial charge in [0, 0.05) is 22.3 Å². The van der Waals surface area contributed by atoms with Crippen LogP contribution in [0, 0.1) is 10.1 Å². The number of non-ortho nitro benzene ring substituents is 1. The summed E-state index contributed by atoms with van der Waals surface area (Å²) in [4.78, 5) is 36.8. The maximum Gasteiger partial charge on any atom is 0.340 e. The van der Waals surface area contributed by atoms with Crippen LogP contribution < -0.4 is 4.90 Å². The Hall–Kier alpha value is -3.20. The number of hydrogen-bond acceptors (Lipinski definition) is 6. The first kappa shape index (κ1) is 19.6. The van der Waals surface area contributed by atoms with Gasteiger partial charge >= 0.3 is 5.97 Å². The number of hydrogen-bond donors (Lipinski definition) is 1. The van der Waals surface area contributed by atoms with Crippen LogP contribution >= 0.6 is 15.9 Å². The number of anilines is 1. The lowest BCUT2D eigenvalue weighted by atomic mass is 9.99. The van der Waals surface area contributed by atoms with Crippen LogP contribution in [0.5, 0.6) is 0 Å². The largest absolute Gasteiger partial charge is 0.503 e. The van der Waals surface area contributed by atoms with Crippen molar-refractivity contribution in [3.8, 4) is 0 Å². The van der Waals surface area contributed by atoms with Crippen LogP contribution in [0.4, 0.5) is 11.4 Å². The molecule has 0 unspecified atom stereocenters. The molecule has 2 aromatic carbocycles. The molecule has 0 aromatic heterocycles. The predicted octanol–water partition coefficient (Wildman–Crippen LogP) is 3.82. The highest BCUT2D eigenvalue weighted by Crippen LogP contribution is 2.41. The van der Waals surface area contributed by atoms with Gasteiger partial charge in [-0.05, 0) is 36.8 Å². The van der Waals surface area contributed by atoms with Crippen LogP contribution in [0.1, 0.15) is 18.5 Å².